The Hall–Kier alpha value is -4.07. The van der Waals surface area contributed by atoms with Gasteiger partial charge in [0, 0.05) is 24.3 Å². The highest BCUT2D eigenvalue weighted by atomic mass is 16.4. The third-order valence-electron chi connectivity index (χ3n) is 5.54. The summed E-state index contributed by atoms with van der Waals surface area (Å²) in [7, 11) is 0. The second-order valence-corrected chi connectivity index (χ2v) is 7.74. The van der Waals surface area contributed by atoms with E-state index in [-0.39, 0.29) is 24.0 Å². The molecule has 1 aliphatic rings. The molecule has 32 heavy (non-hydrogen) atoms. The molecule has 3 aromatic rings. The zero-order chi connectivity index (χ0) is 22.7. The first-order chi connectivity index (χ1) is 15.4. The van der Waals surface area contributed by atoms with Gasteiger partial charge in [-0.2, -0.15) is 0 Å². The fourth-order valence-corrected chi connectivity index (χ4v) is 4.08. The maximum atomic E-state index is 13.2. The van der Waals surface area contributed by atoms with E-state index in [9.17, 15) is 19.5 Å². The van der Waals surface area contributed by atoms with Crippen LogP contribution in [0.4, 0.5) is 10.5 Å². The number of carbonyl (C=O) groups excluding carboxylic acids is 2. The van der Waals surface area contributed by atoms with E-state index in [0.29, 0.717) is 36.5 Å². The van der Waals surface area contributed by atoms with Gasteiger partial charge < -0.3 is 25.5 Å². The molecule has 0 aliphatic carbocycles. The molecule has 0 radical (unpaired) electrons. The van der Waals surface area contributed by atoms with Crippen molar-refractivity contribution in [3.05, 3.63) is 77.6 Å². The van der Waals surface area contributed by atoms with Crippen molar-refractivity contribution in [2.24, 2.45) is 5.73 Å². The lowest BCUT2D eigenvalue weighted by atomic mass is 9.90. The number of carbonyl (C=O) groups is 3. The number of benzene rings is 2. The molecule has 0 saturated heterocycles. The van der Waals surface area contributed by atoms with Gasteiger partial charge in [-0.1, -0.05) is 36.4 Å². The quantitative estimate of drug-likeness (QED) is 0.560. The number of nitrogens with one attached hydrogen (secondary N) is 1. The number of nitrogens with two attached hydrogens (primary N) is 1. The Kier molecular flexibility index (Phi) is 5.93. The highest BCUT2D eigenvalue weighted by Crippen LogP contribution is 2.32. The second-order valence-electron chi connectivity index (χ2n) is 7.74. The first-order valence-electron chi connectivity index (χ1n) is 10.3. The lowest BCUT2D eigenvalue weighted by Gasteiger charge is -2.19. The summed E-state index contributed by atoms with van der Waals surface area (Å²) < 4.78 is 5.84. The highest BCUT2D eigenvalue weighted by Gasteiger charge is 2.28. The molecule has 8 heteroatoms. The average molecular weight is 433 g/mol. The van der Waals surface area contributed by atoms with Crippen LogP contribution in [0.2, 0.25) is 0 Å². The second kappa shape index (κ2) is 8.97. The van der Waals surface area contributed by atoms with Gasteiger partial charge in [-0.3, -0.25) is 9.59 Å². The summed E-state index contributed by atoms with van der Waals surface area (Å²) in [4.78, 5) is 37.3. The Balaban J connectivity index is 1.55. The molecule has 4 N–H and O–H groups in total. The van der Waals surface area contributed by atoms with Gasteiger partial charge >= 0.3 is 12.0 Å². The van der Waals surface area contributed by atoms with Crippen molar-refractivity contribution in [2.75, 3.05) is 11.9 Å². The average Bonchev–Trinajstić information content (AvgIpc) is 3.18. The summed E-state index contributed by atoms with van der Waals surface area (Å²) in [6, 6.07) is 17.3. The van der Waals surface area contributed by atoms with Crippen LogP contribution in [0.3, 0.4) is 0 Å². The minimum absolute atomic E-state index is 0.0274. The molecule has 2 aromatic carbocycles. The van der Waals surface area contributed by atoms with E-state index in [1.807, 2.05) is 24.3 Å². The van der Waals surface area contributed by atoms with Crippen LogP contribution in [0.25, 0.3) is 11.3 Å². The summed E-state index contributed by atoms with van der Waals surface area (Å²) in [5.41, 5.74) is 8.30. The van der Waals surface area contributed by atoms with E-state index in [0.717, 1.165) is 11.1 Å². The van der Waals surface area contributed by atoms with Crippen LogP contribution in [-0.2, 0) is 11.3 Å². The van der Waals surface area contributed by atoms with Crippen molar-refractivity contribution in [2.45, 2.75) is 25.3 Å². The number of urea groups is 1. The number of rotatable bonds is 5. The first-order valence-corrected chi connectivity index (χ1v) is 10.3. The topological polar surface area (TPSA) is 126 Å². The van der Waals surface area contributed by atoms with Crippen LogP contribution in [-0.4, -0.2) is 34.5 Å². The number of carboxylic acid groups (broad SMARTS) is 1. The van der Waals surface area contributed by atoms with E-state index >= 15 is 0 Å². The van der Waals surface area contributed by atoms with Crippen molar-refractivity contribution in [3.8, 4) is 11.3 Å². The largest absolute Gasteiger partial charge is 0.481 e. The zero-order valence-electron chi connectivity index (χ0n) is 17.3. The fraction of sp³-hybridized carbons (Fsp3) is 0.208. The number of furan rings is 1. The van der Waals surface area contributed by atoms with Crippen molar-refractivity contribution in [1.82, 2.24) is 4.90 Å². The summed E-state index contributed by atoms with van der Waals surface area (Å²) >= 11 is 0. The standard InChI is InChI=1S/C24H23N3O5/c25-24(31)26-18-6-3-5-16(12-18)20-8-9-21(32-20)23(30)27-11-10-15(13-22(28)29)19-7-2-1-4-17(19)14-27/h1-9,12,15H,10-11,13-14H2,(H,28,29)(H3,25,26,31). The molecule has 1 unspecified atom stereocenters. The lowest BCUT2D eigenvalue weighted by molar-refractivity contribution is -0.137. The van der Waals surface area contributed by atoms with Crippen molar-refractivity contribution >= 4 is 23.6 Å². The van der Waals surface area contributed by atoms with E-state index < -0.39 is 12.0 Å². The van der Waals surface area contributed by atoms with Gasteiger partial charge in [0.2, 0.25) is 0 Å². The SMILES string of the molecule is NC(=O)Nc1cccc(-c2ccc(C(=O)N3CCC(CC(=O)O)c4ccccc4C3)o2)c1. The Morgan fingerprint density at radius 3 is 2.69 bits per heavy atom. The molecule has 1 atom stereocenters. The molecule has 0 spiro atoms. The maximum absolute atomic E-state index is 13.2. The summed E-state index contributed by atoms with van der Waals surface area (Å²) in [5, 5.41) is 11.8. The lowest BCUT2D eigenvalue weighted by Crippen LogP contribution is -2.30. The third kappa shape index (κ3) is 4.64. The first kappa shape index (κ1) is 21.2. The van der Waals surface area contributed by atoms with Crippen molar-refractivity contribution < 1.29 is 23.9 Å². The molecule has 0 bridgehead atoms. The van der Waals surface area contributed by atoms with Crippen LogP contribution < -0.4 is 11.1 Å². The van der Waals surface area contributed by atoms with Gasteiger partial charge in [-0.25, -0.2) is 4.79 Å². The third-order valence-corrected chi connectivity index (χ3v) is 5.54. The number of amides is 3. The minimum Gasteiger partial charge on any atom is -0.481 e. The van der Waals surface area contributed by atoms with Gasteiger partial charge in [0.05, 0.1) is 6.42 Å². The summed E-state index contributed by atoms with van der Waals surface area (Å²) in [6.45, 7) is 0.818. The van der Waals surface area contributed by atoms with E-state index in [4.69, 9.17) is 10.2 Å². The molecule has 4 rings (SSSR count). The van der Waals surface area contributed by atoms with Crippen LogP contribution >= 0.6 is 0 Å². The molecular formula is C24H23N3O5. The van der Waals surface area contributed by atoms with Gasteiger partial charge in [0.1, 0.15) is 5.76 Å². The predicted octanol–water partition coefficient (Wildman–Crippen LogP) is 4.04. The number of hydrogen-bond acceptors (Lipinski definition) is 4. The molecule has 0 fully saturated rings. The molecule has 1 aliphatic heterocycles. The summed E-state index contributed by atoms with van der Waals surface area (Å²) in [5.74, 6) is -0.571. The normalized spacial score (nSPS) is 15.5. The maximum Gasteiger partial charge on any atom is 0.316 e. The molecule has 8 nitrogen and oxygen atoms in total. The van der Waals surface area contributed by atoms with E-state index in [1.165, 1.54) is 0 Å². The fourth-order valence-electron chi connectivity index (χ4n) is 4.08. The Morgan fingerprint density at radius 2 is 1.91 bits per heavy atom. The van der Waals surface area contributed by atoms with Gasteiger partial charge in [0.15, 0.2) is 5.76 Å². The van der Waals surface area contributed by atoms with Crippen LogP contribution in [0.1, 0.15) is 40.4 Å². The number of primary amides is 1. The Bertz CT molecular complexity index is 1170. The van der Waals surface area contributed by atoms with Crippen molar-refractivity contribution in [1.29, 1.82) is 0 Å². The van der Waals surface area contributed by atoms with E-state index in [1.54, 1.807) is 41.3 Å². The molecular weight excluding hydrogens is 410 g/mol. The molecule has 0 saturated carbocycles. The minimum atomic E-state index is -0.853. The van der Waals surface area contributed by atoms with Gasteiger partial charge in [-0.05, 0) is 47.7 Å². The number of anilines is 1. The molecule has 2 heterocycles. The molecule has 1 aromatic heterocycles. The van der Waals surface area contributed by atoms with Gasteiger partial charge in [-0.15, -0.1) is 0 Å². The Morgan fingerprint density at radius 1 is 1.09 bits per heavy atom. The monoisotopic (exact) mass is 433 g/mol. The van der Waals surface area contributed by atoms with Gasteiger partial charge in [0.25, 0.3) is 5.91 Å². The van der Waals surface area contributed by atoms with Crippen molar-refractivity contribution in [3.63, 3.8) is 0 Å². The predicted molar refractivity (Wildman–Crippen MR) is 118 cm³/mol. The molecule has 164 valence electrons. The molecule has 3 amide bonds. The van der Waals surface area contributed by atoms with Crippen LogP contribution in [0.5, 0.6) is 0 Å². The van der Waals surface area contributed by atoms with E-state index in [2.05, 4.69) is 5.32 Å². The number of carboxylic acids is 1. The van der Waals surface area contributed by atoms with Crippen LogP contribution in [0.15, 0.2) is 65.1 Å². The number of hydrogen-bond donors (Lipinski definition) is 3. The number of fused-ring (bicyclic) bond motifs is 1. The zero-order valence-corrected chi connectivity index (χ0v) is 17.3. The smallest absolute Gasteiger partial charge is 0.316 e. The van der Waals surface area contributed by atoms with Crippen LogP contribution in [0, 0.1) is 0 Å². The Labute approximate surface area is 184 Å². The number of nitrogens with zero attached hydrogens (tertiary/aromatic N) is 1. The highest BCUT2D eigenvalue weighted by molar-refractivity contribution is 5.92. The number of aliphatic carboxylic acids is 1. The summed E-state index contributed by atoms with van der Waals surface area (Å²) in [6.07, 6.45) is 0.586.